The van der Waals surface area contributed by atoms with E-state index in [-0.39, 0.29) is 5.41 Å². The first-order valence-corrected chi connectivity index (χ1v) is 6.18. The van der Waals surface area contributed by atoms with E-state index in [4.69, 9.17) is 4.74 Å². The lowest BCUT2D eigenvalue weighted by Gasteiger charge is -2.29. The van der Waals surface area contributed by atoms with Crippen molar-refractivity contribution in [3.63, 3.8) is 0 Å². The Kier molecular flexibility index (Phi) is 3.65. The topological polar surface area (TPSA) is 41.5 Å². The molecule has 88 valence electrons. The molecular weight excluding hydrogens is 190 g/mol. The average molecular weight is 213 g/mol. The average Bonchev–Trinajstić information content (AvgIpc) is 3.08. The van der Waals surface area contributed by atoms with Crippen LogP contribution in [0.4, 0.5) is 0 Å². The molecule has 3 nitrogen and oxygen atoms in total. The summed E-state index contributed by atoms with van der Waals surface area (Å²) in [5, 5.41) is 12.8. The van der Waals surface area contributed by atoms with Crippen molar-refractivity contribution in [1.82, 2.24) is 5.32 Å². The maximum absolute atomic E-state index is 9.22. The molecule has 1 aliphatic heterocycles. The van der Waals surface area contributed by atoms with Gasteiger partial charge in [0.15, 0.2) is 0 Å². The van der Waals surface area contributed by atoms with Gasteiger partial charge in [-0.2, -0.15) is 0 Å². The molecule has 1 saturated carbocycles. The van der Waals surface area contributed by atoms with Gasteiger partial charge in [0, 0.05) is 37.8 Å². The second-order valence-electron chi connectivity index (χ2n) is 5.28. The quantitative estimate of drug-likeness (QED) is 0.720. The van der Waals surface area contributed by atoms with Gasteiger partial charge in [-0.05, 0) is 38.5 Å². The van der Waals surface area contributed by atoms with E-state index in [1.165, 1.54) is 25.7 Å². The number of aliphatic hydroxyl groups is 1. The van der Waals surface area contributed by atoms with Gasteiger partial charge in [0.25, 0.3) is 0 Å². The van der Waals surface area contributed by atoms with Crippen LogP contribution in [0.5, 0.6) is 0 Å². The third-order valence-electron chi connectivity index (χ3n) is 4.06. The summed E-state index contributed by atoms with van der Waals surface area (Å²) in [6, 6.07) is 0.568. The second-order valence-corrected chi connectivity index (χ2v) is 5.28. The van der Waals surface area contributed by atoms with Crippen LogP contribution in [0.3, 0.4) is 0 Å². The van der Waals surface area contributed by atoms with Crippen molar-refractivity contribution in [2.24, 2.45) is 11.3 Å². The standard InChI is InChI=1S/C12H23NO2/c1-10(11-2-6-15-7-3-11)13-8-12(9-14)4-5-12/h10-11,13-14H,2-9H2,1H3. The molecule has 2 rings (SSSR count). The predicted molar refractivity (Wildman–Crippen MR) is 59.8 cm³/mol. The van der Waals surface area contributed by atoms with Crippen LogP contribution >= 0.6 is 0 Å². The van der Waals surface area contributed by atoms with Crippen LogP contribution in [0, 0.1) is 11.3 Å². The van der Waals surface area contributed by atoms with Gasteiger partial charge in [-0.1, -0.05) is 0 Å². The molecule has 0 bridgehead atoms. The Balaban J connectivity index is 1.69. The van der Waals surface area contributed by atoms with Crippen LogP contribution < -0.4 is 5.32 Å². The van der Waals surface area contributed by atoms with Gasteiger partial charge >= 0.3 is 0 Å². The first-order chi connectivity index (χ1) is 7.26. The molecule has 1 heterocycles. The summed E-state index contributed by atoms with van der Waals surface area (Å²) >= 11 is 0. The minimum absolute atomic E-state index is 0.236. The number of nitrogens with one attached hydrogen (secondary N) is 1. The lowest BCUT2D eigenvalue weighted by molar-refractivity contribution is 0.0546. The molecule has 1 unspecified atom stereocenters. The number of aliphatic hydroxyl groups excluding tert-OH is 1. The Morgan fingerprint density at radius 3 is 2.60 bits per heavy atom. The molecule has 1 aliphatic carbocycles. The van der Waals surface area contributed by atoms with E-state index in [0.717, 1.165) is 25.7 Å². The molecule has 0 aromatic rings. The summed E-state index contributed by atoms with van der Waals surface area (Å²) in [7, 11) is 0. The summed E-state index contributed by atoms with van der Waals surface area (Å²) in [5.74, 6) is 0.758. The monoisotopic (exact) mass is 213 g/mol. The number of rotatable bonds is 5. The molecule has 0 spiro atoms. The fraction of sp³-hybridized carbons (Fsp3) is 1.00. The molecule has 0 aromatic carbocycles. The van der Waals surface area contributed by atoms with Crippen molar-refractivity contribution in [1.29, 1.82) is 0 Å². The zero-order chi connectivity index (χ0) is 10.7. The summed E-state index contributed by atoms with van der Waals surface area (Å²) in [5.41, 5.74) is 0.236. The van der Waals surface area contributed by atoms with E-state index in [2.05, 4.69) is 12.2 Å². The molecular formula is C12H23NO2. The van der Waals surface area contributed by atoms with Crippen molar-refractivity contribution in [2.75, 3.05) is 26.4 Å². The molecule has 2 fully saturated rings. The summed E-state index contributed by atoms with van der Waals surface area (Å²) in [4.78, 5) is 0. The van der Waals surface area contributed by atoms with Crippen LogP contribution in [0.25, 0.3) is 0 Å². The third kappa shape index (κ3) is 2.92. The molecule has 0 aromatic heterocycles. The van der Waals surface area contributed by atoms with Crippen LogP contribution in [-0.2, 0) is 4.74 Å². The second kappa shape index (κ2) is 4.81. The maximum Gasteiger partial charge on any atom is 0.0499 e. The van der Waals surface area contributed by atoms with E-state index < -0.39 is 0 Å². The van der Waals surface area contributed by atoms with Crippen molar-refractivity contribution in [3.8, 4) is 0 Å². The highest BCUT2D eigenvalue weighted by Gasteiger charge is 2.42. The lowest BCUT2D eigenvalue weighted by atomic mass is 9.92. The van der Waals surface area contributed by atoms with E-state index in [1.54, 1.807) is 0 Å². The third-order valence-corrected chi connectivity index (χ3v) is 4.06. The Bertz CT molecular complexity index is 198. The molecule has 1 saturated heterocycles. The Morgan fingerprint density at radius 2 is 2.07 bits per heavy atom. The van der Waals surface area contributed by atoms with Gasteiger partial charge in [0.2, 0.25) is 0 Å². The highest BCUT2D eigenvalue weighted by Crippen LogP contribution is 2.44. The smallest absolute Gasteiger partial charge is 0.0499 e. The molecule has 3 heteroatoms. The number of hydrogen-bond acceptors (Lipinski definition) is 3. The molecule has 0 amide bonds. The first-order valence-electron chi connectivity index (χ1n) is 6.18. The van der Waals surface area contributed by atoms with Gasteiger partial charge < -0.3 is 15.2 Å². The molecule has 15 heavy (non-hydrogen) atoms. The fourth-order valence-corrected chi connectivity index (χ4v) is 2.33. The van der Waals surface area contributed by atoms with E-state index in [0.29, 0.717) is 12.6 Å². The fourth-order valence-electron chi connectivity index (χ4n) is 2.33. The maximum atomic E-state index is 9.22. The zero-order valence-electron chi connectivity index (χ0n) is 9.67. The normalized spacial score (nSPS) is 27.6. The highest BCUT2D eigenvalue weighted by atomic mass is 16.5. The van der Waals surface area contributed by atoms with Gasteiger partial charge in [0.1, 0.15) is 0 Å². The zero-order valence-corrected chi connectivity index (χ0v) is 9.67. The molecule has 2 N–H and O–H groups in total. The van der Waals surface area contributed by atoms with Crippen molar-refractivity contribution in [3.05, 3.63) is 0 Å². The van der Waals surface area contributed by atoms with Gasteiger partial charge in [-0.25, -0.2) is 0 Å². The van der Waals surface area contributed by atoms with Crippen molar-refractivity contribution >= 4 is 0 Å². The first kappa shape index (κ1) is 11.4. The Hall–Kier alpha value is -0.120. The van der Waals surface area contributed by atoms with E-state index in [1.807, 2.05) is 0 Å². The van der Waals surface area contributed by atoms with E-state index >= 15 is 0 Å². The Labute approximate surface area is 92.2 Å². The predicted octanol–water partition coefficient (Wildman–Crippen LogP) is 1.16. The minimum Gasteiger partial charge on any atom is -0.396 e. The van der Waals surface area contributed by atoms with Crippen LogP contribution in [0.15, 0.2) is 0 Å². The van der Waals surface area contributed by atoms with Crippen molar-refractivity contribution in [2.45, 2.75) is 38.6 Å². The van der Waals surface area contributed by atoms with Crippen LogP contribution in [-0.4, -0.2) is 37.5 Å². The van der Waals surface area contributed by atoms with Gasteiger partial charge in [-0.15, -0.1) is 0 Å². The van der Waals surface area contributed by atoms with Gasteiger partial charge in [-0.3, -0.25) is 0 Å². The summed E-state index contributed by atoms with van der Waals surface area (Å²) in [6.45, 7) is 5.44. The lowest BCUT2D eigenvalue weighted by Crippen LogP contribution is -2.40. The summed E-state index contributed by atoms with van der Waals surface area (Å²) < 4.78 is 5.36. The summed E-state index contributed by atoms with van der Waals surface area (Å²) in [6.07, 6.45) is 4.74. The van der Waals surface area contributed by atoms with Crippen molar-refractivity contribution < 1.29 is 9.84 Å². The SMILES string of the molecule is CC(NCC1(CO)CC1)C1CCOCC1. The van der Waals surface area contributed by atoms with E-state index in [9.17, 15) is 5.11 Å². The molecule has 0 radical (unpaired) electrons. The number of ether oxygens (including phenoxy) is 1. The molecule has 1 atom stereocenters. The largest absolute Gasteiger partial charge is 0.396 e. The van der Waals surface area contributed by atoms with Crippen LogP contribution in [0.2, 0.25) is 0 Å². The van der Waals surface area contributed by atoms with Crippen LogP contribution in [0.1, 0.15) is 32.6 Å². The number of hydrogen-bond donors (Lipinski definition) is 2. The highest BCUT2D eigenvalue weighted by molar-refractivity contribution is 4.95. The van der Waals surface area contributed by atoms with Gasteiger partial charge in [0.05, 0.1) is 0 Å². The Morgan fingerprint density at radius 1 is 1.40 bits per heavy atom. The molecule has 2 aliphatic rings. The minimum atomic E-state index is 0.236.